The number of ether oxygens (including phenoxy) is 1. The first-order valence-electron chi connectivity index (χ1n) is 45.0. The van der Waals surface area contributed by atoms with Crippen LogP contribution in [-0.2, 0) is 130 Å². The van der Waals surface area contributed by atoms with Crippen LogP contribution in [0.2, 0.25) is 0 Å². The maximum Gasteiger partial charge on any atom is 0.323 e. The van der Waals surface area contributed by atoms with Gasteiger partial charge in [0.1, 0.15) is 84.8 Å². The number of amides is 14. The van der Waals surface area contributed by atoms with E-state index < -0.39 is 322 Å². The fourth-order valence-electron chi connectivity index (χ4n) is 16.6. The summed E-state index contributed by atoms with van der Waals surface area (Å²) >= 11 is 0.639. The molecule has 0 bridgehead atoms. The molecule has 3 aliphatic heterocycles. The Morgan fingerprint density at radius 2 is 1.07 bits per heavy atom. The summed E-state index contributed by atoms with van der Waals surface area (Å²) in [5.74, 6) is -28.4. The van der Waals surface area contributed by atoms with Crippen molar-refractivity contribution in [2.75, 3.05) is 65.5 Å². The maximum atomic E-state index is 15.7. The molecular weight excluding hydrogens is 1830 g/mol. The molecule has 0 spiro atoms. The molecule has 744 valence electrons. The lowest BCUT2D eigenvalue weighted by Gasteiger charge is -2.38. The second-order valence-corrected chi connectivity index (χ2v) is 35.6. The molecule has 44 heteroatoms. The first kappa shape index (κ1) is 108. The number of para-hydroxylation sites is 1. The fourth-order valence-corrected chi connectivity index (χ4v) is 17.5. The average molecular weight is 1940 g/mol. The number of aliphatic hydroxyl groups is 1. The van der Waals surface area contributed by atoms with Crippen molar-refractivity contribution >= 4 is 129 Å². The van der Waals surface area contributed by atoms with E-state index in [1.807, 2.05) is 0 Å². The summed E-state index contributed by atoms with van der Waals surface area (Å²) in [6, 6.07) is 5.69. The van der Waals surface area contributed by atoms with E-state index in [9.17, 15) is 73.1 Å². The van der Waals surface area contributed by atoms with Gasteiger partial charge in [0.25, 0.3) is 0 Å². The second kappa shape index (κ2) is 50.8. The van der Waals surface area contributed by atoms with Gasteiger partial charge in [-0.05, 0) is 89.9 Å². The number of benzene rings is 5. The molecule has 9 rings (SSSR count). The van der Waals surface area contributed by atoms with Crippen molar-refractivity contribution in [2.45, 2.75) is 208 Å². The summed E-state index contributed by atoms with van der Waals surface area (Å²) in [4.78, 5) is 268. The van der Waals surface area contributed by atoms with Crippen LogP contribution in [0.4, 0.5) is 13.2 Å². The Morgan fingerprint density at radius 1 is 0.522 bits per heavy atom. The summed E-state index contributed by atoms with van der Waals surface area (Å²) in [7, 11) is 3.52. The summed E-state index contributed by atoms with van der Waals surface area (Å²) in [6.07, 6.45) is -7.00. The smallest absolute Gasteiger partial charge is 0.323 e. The summed E-state index contributed by atoms with van der Waals surface area (Å²) in [6.45, 7) is 1.77. The third-order valence-corrected chi connectivity index (χ3v) is 25.1. The lowest BCUT2D eigenvalue weighted by molar-refractivity contribution is -0.152. The van der Waals surface area contributed by atoms with Gasteiger partial charge in [-0.25, -0.2) is 13.2 Å². The van der Waals surface area contributed by atoms with Crippen molar-refractivity contribution in [3.63, 3.8) is 0 Å². The number of phenolic OH excluding ortho intramolecular Hbond substituents is 1. The van der Waals surface area contributed by atoms with Crippen molar-refractivity contribution in [1.29, 1.82) is 0 Å². The molecule has 14 amide bonds. The second-order valence-electron chi connectivity index (χ2n) is 34.6. The first-order valence-corrected chi connectivity index (χ1v) is 46.1. The molecule has 1 aromatic heterocycles. The number of rotatable bonds is 27. The molecule has 17 N–H and O–H groups in total. The Morgan fingerprint density at radius 3 is 1.68 bits per heavy atom. The lowest BCUT2D eigenvalue weighted by atomic mass is 9.98. The number of nitrogens with one attached hydrogen (secondary N) is 8. The van der Waals surface area contributed by atoms with Crippen LogP contribution in [0.1, 0.15) is 113 Å². The zero-order valence-corrected chi connectivity index (χ0v) is 77.7. The third kappa shape index (κ3) is 29.8. The SMILES string of the molecule is CCCC[C@H]1C(=O)N2C[C@@H](O)C[C@@H]2C(=O)N[C@@H](CC(=O)O)C(=O)N[C@@H](C(C)C)C(=O)N(C)[C@@H](Cc2ccccc2)C(=O)N[C@@H](CCC(=O)O)C(=O)N2CCOC[C@@H]2C(=O)N[C@@H](Cc2cn(CC(=O)O)c3ccccc23)C(=O)N[C@@H](Cc2ccc(O)cc2)C(=O)N[C@@H](CCN)C(=O)N[C@H](C(=O)CCC(N)=O)CSCC(=O)N[C@@H](Cc2cc(F)c(F)c(F)c2)C(=O)N(C)[C@@H](Cc2ccccc2)C(=O)N1C. The zero-order valence-electron chi connectivity index (χ0n) is 76.9. The molecule has 14 atom stereocenters. The number of thioether (sulfide) groups is 1. The quantitative estimate of drug-likeness (QED) is 0.0302. The maximum absolute atomic E-state index is 15.7. The molecule has 3 saturated heterocycles. The highest BCUT2D eigenvalue weighted by atomic mass is 32.2. The minimum Gasteiger partial charge on any atom is -0.508 e. The van der Waals surface area contributed by atoms with Gasteiger partial charge < -0.3 is 113 Å². The normalized spacial score (nSPS) is 23.7. The van der Waals surface area contributed by atoms with Crippen molar-refractivity contribution < 1.29 is 130 Å². The molecule has 0 saturated carbocycles. The average Bonchev–Trinajstić information content (AvgIpc) is 1.63. The molecule has 138 heavy (non-hydrogen) atoms. The number of carbonyl (C=O) groups is 18. The first-order chi connectivity index (χ1) is 65.6. The van der Waals surface area contributed by atoms with Gasteiger partial charge in [0.15, 0.2) is 23.2 Å². The van der Waals surface area contributed by atoms with E-state index in [2.05, 4.69) is 42.5 Å². The number of halogens is 3. The van der Waals surface area contributed by atoms with E-state index >= 15 is 51.9 Å². The summed E-state index contributed by atoms with van der Waals surface area (Å²) in [5.41, 5.74) is 12.8. The highest BCUT2D eigenvalue weighted by molar-refractivity contribution is 8.00. The van der Waals surface area contributed by atoms with Gasteiger partial charge >= 0.3 is 17.9 Å². The highest BCUT2D eigenvalue weighted by Gasteiger charge is 2.48. The van der Waals surface area contributed by atoms with E-state index in [1.165, 1.54) is 63.0 Å². The van der Waals surface area contributed by atoms with Crippen LogP contribution in [-0.4, -0.2) is 311 Å². The number of Topliss-reactive ketones (excluding diaryl/α,β-unsaturated/α-hetero) is 1. The number of hydrogen-bond acceptors (Lipinski definition) is 23. The molecule has 40 nitrogen and oxygen atoms in total. The van der Waals surface area contributed by atoms with Crippen LogP contribution >= 0.6 is 11.8 Å². The number of phenols is 1. The number of primary amides is 1. The minimum absolute atomic E-state index is 0.157. The van der Waals surface area contributed by atoms with Gasteiger partial charge in [0.2, 0.25) is 82.7 Å². The van der Waals surface area contributed by atoms with Gasteiger partial charge in [0.05, 0.1) is 37.5 Å². The van der Waals surface area contributed by atoms with E-state index in [0.717, 1.165) is 31.5 Å². The van der Waals surface area contributed by atoms with Gasteiger partial charge in [-0.15, -0.1) is 11.8 Å². The molecule has 3 fully saturated rings. The number of morpholine rings is 1. The highest BCUT2D eigenvalue weighted by Crippen LogP contribution is 2.29. The number of aromatic nitrogens is 1. The predicted molar refractivity (Wildman–Crippen MR) is 491 cm³/mol. The largest absolute Gasteiger partial charge is 0.508 e. The van der Waals surface area contributed by atoms with E-state index in [-0.39, 0.29) is 55.7 Å². The molecule has 3 aliphatic rings. The molecular formula is C94H117F3N16O24S. The zero-order chi connectivity index (χ0) is 101. The van der Waals surface area contributed by atoms with Crippen LogP contribution in [0.3, 0.4) is 0 Å². The Balaban J connectivity index is 1.16. The number of carboxylic acids is 3. The van der Waals surface area contributed by atoms with Crippen molar-refractivity contribution in [3.8, 4) is 5.75 Å². The minimum atomic E-state index is -2.09. The van der Waals surface area contributed by atoms with E-state index in [4.69, 9.17) is 16.2 Å². The summed E-state index contributed by atoms with van der Waals surface area (Å²) in [5, 5.41) is 73.2. The molecule has 0 radical (unpaired) electrons. The Labute approximate surface area is 796 Å². The van der Waals surface area contributed by atoms with Crippen LogP contribution in [0.5, 0.6) is 5.75 Å². The van der Waals surface area contributed by atoms with E-state index in [1.54, 1.807) is 91.9 Å². The molecule has 6 aromatic rings. The number of likely N-dealkylation sites (N-methyl/N-ethyl adjacent to an activating group) is 3. The number of aliphatic carboxylic acids is 3. The number of carboxylic acid groups (broad SMARTS) is 3. The number of nitrogens with zero attached hydrogens (tertiary/aromatic N) is 6. The number of aromatic hydroxyl groups is 1. The molecule has 0 unspecified atom stereocenters. The Kier molecular flexibility index (Phi) is 39.7. The van der Waals surface area contributed by atoms with Crippen molar-refractivity contribution in [1.82, 2.24) is 71.6 Å². The molecule has 5 aromatic carbocycles. The predicted octanol–water partition coefficient (Wildman–Crippen LogP) is 0.0266. The number of unbranched alkanes of at least 4 members (excludes halogenated alkanes) is 1. The van der Waals surface area contributed by atoms with Crippen molar-refractivity contribution in [2.24, 2.45) is 17.4 Å². The molecule has 4 heterocycles. The monoisotopic (exact) mass is 1940 g/mol. The van der Waals surface area contributed by atoms with Gasteiger partial charge in [-0.1, -0.05) is 125 Å². The number of fused-ring (bicyclic) bond motifs is 3. The van der Waals surface area contributed by atoms with Crippen molar-refractivity contribution in [3.05, 3.63) is 173 Å². The van der Waals surface area contributed by atoms with Gasteiger partial charge in [-0.3, -0.25) is 86.3 Å². The molecule has 0 aliphatic carbocycles. The number of aliphatic hydroxyl groups excluding tert-OH is 1. The Hall–Kier alpha value is -13.9. The third-order valence-electron chi connectivity index (χ3n) is 24.1. The Bertz CT molecular complexity index is 5410. The lowest BCUT2D eigenvalue weighted by Crippen LogP contribution is -2.64. The number of carbonyl (C=O) groups excluding carboxylic acids is 15. The van der Waals surface area contributed by atoms with Crippen LogP contribution in [0, 0.1) is 23.4 Å². The standard InChI is InChI=1S/C94H117F3N16O24S/c1-7-8-22-70-93(135)113-46-58(115)43-72(113)88(130)105-66(44-79(121)122)86(128)107-82(51(2)3)94(136)109(5)71(40-52-17-11-9-12-18-52)87(129)102-63(28-31-78(119)120)91(133)112-34-35-137-48-74(112)89(131)104-65(42-56-45-111(47-80(123)124)69-23-16-15-21-59(56)69)85(127)103-64(38-54-24-26-57(114)27-25-54)84(126)101-62(32-33-98)83(125)106-68(75(116)29-30-76(99)117)49-138-50-77(118)100-67(39-55-36-60(95)81(97)61(96)37-55)90(132)110(6)73(92(134)108(70)4)41-53-19-13-10-14-20-53/h9-21,23-27,36-37,45,51,58,62-68,70-74,82,114-115H,7-8,22,28-35,38-44,46-50,98H2,1-6H3,(H2,99,117)(H,100,118)(H,101,126)(H,102,129)(H,103,127)(H,104,131)(H,105,130)(H,106,125)(H,107,128)(H,119,120)(H,121,122)(H,123,124)/t58-,62-,63-,64-,65-,66-,67-,68-,70-,71-,72+,73-,74+,82-/m0/s1. The fraction of sp³-hybridized carbons (Fsp3) is 0.468. The summed E-state index contributed by atoms with van der Waals surface area (Å²) < 4.78 is 52.3. The van der Waals surface area contributed by atoms with E-state index in [0.29, 0.717) is 52.3 Å². The number of hydrogen-bond donors (Lipinski definition) is 15. The number of nitrogens with two attached hydrogens (primary N) is 2. The van der Waals surface area contributed by atoms with Crippen LogP contribution in [0.15, 0.2) is 128 Å². The van der Waals surface area contributed by atoms with Crippen LogP contribution in [0.25, 0.3) is 10.9 Å². The van der Waals surface area contributed by atoms with Gasteiger partial charge in [0, 0.05) is 115 Å². The number of ketones is 1. The topological polar surface area (TPSA) is 587 Å². The van der Waals surface area contributed by atoms with Gasteiger partial charge in [-0.2, -0.15) is 0 Å². The van der Waals surface area contributed by atoms with Crippen LogP contribution < -0.4 is 54.0 Å².